The highest BCUT2D eigenvalue weighted by atomic mass is 16.1. The van der Waals surface area contributed by atoms with Crippen molar-refractivity contribution in [2.24, 2.45) is 0 Å². The molecule has 1 aromatic carbocycles. The minimum Gasteiger partial charge on any atom is -0.366 e. The van der Waals surface area contributed by atoms with Crippen LogP contribution in [0.2, 0.25) is 0 Å². The van der Waals surface area contributed by atoms with Crippen molar-refractivity contribution in [2.45, 2.75) is 26.7 Å². The number of allylic oxidation sites excluding steroid dienone is 1. The number of piperazine rings is 1. The van der Waals surface area contributed by atoms with Crippen LogP contribution in [-0.4, -0.2) is 47.0 Å². The highest BCUT2D eigenvalue weighted by molar-refractivity contribution is 6.08. The predicted molar refractivity (Wildman–Crippen MR) is 134 cm³/mol. The number of aromatic nitrogens is 3. The summed E-state index contributed by atoms with van der Waals surface area (Å²) in [7, 11) is 0. The number of rotatable bonds is 6. The van der Waals surface area contributed by atoms with Gasteiger partial charge in [-0.15, -0.1) is 0 Å². The number of nitrogens with one attached hydrogen (secondary N) is 1. The summed E-state index contributed by atoms with van der Waals surface area (Å²) in [4.78, 5) is 30.5. The van der Waals surface area contributed by atoms with Crippen LogP contribution in [0.25, 0.3) is 5.57 Å². The lowest BCUT2D eigenvalue weighted by Gasteiger charge is -2.37. The Morgan fingerprint density at radius 2 is 1.79 bits per heavy atom. The SMILES string of the molecule is C=C(C)c1ncccc1C(=O)Nc1ccc(C(C)C)cc1N1CCN(c2ccncn2)CC1. The van der Waals surface area contributed by atoms with Crippen molar-refractivity contribution in [2.75, 3.05) is 41.3 Å². The molecule has 0 bridgehead atoms. The second-order valence-electron chi connectivity index (χ2n) is 8.61. The summed E-state index contributed by atoms with van der Waals surface area (Å²) >= 11 is 0. The maximum absolute atomic E-state index is 13.2. The summed E-state index contributed by atoms with van der Waals surface area (Å²) in [5.74, 6) is 1.15. The van der Waals surface area contributed by atoms with Gasteiger partial charge in [-0.2, -0.15) is 0 Å². The number of hydrogen-bond donors (Lipinski definition) is 1. The fourth-order valence-electron chi connectivity index (χ4n) is 4.04. The summed E-state index contributed by atoms with van der Waals surface area (Å²) in [6.45, 7) is 13.5. The second-order valence-corrected chi connectivity index (χ2v) is 8.61. The van der Waals surface area contributed by atoms with Crippen molar-refractivity contribution in [3.63, 3.8) is 0 Å². The Labute approximate surface area is 195 Å². The molecule has 0 spiro atoms. The molecule has 0 atom stereocenters. The van der Waals surface area contributed by atoms with Crippen LogP contribution >= 0.6 is 0 Å². The molecule has 0 unspecified atom stereocenters. The molecule has 170 valence electrons. The van der Waals surface area contributed by atoms with Crippen LogP contribution in [0.4, 0.5) is 17.2 Å². The van der Waals surface area contributed by atoms with Gasteiger partial charge in [0.1, 0.15) is 12.1 Å². The topological polar surface area (TPSA) is 74.2 Å². The first-order valence-electron chi connectivity index (χ1n) is 11.3. The van der Waals surface area contributed by atoms with Gasteiger partial charge in [0.2, 0.25) is 0 Å². The van der Waals surface area contributed by atoms with Crippen molar-refractivity contribution >= 4 is 28.7 Å². The minimum absolute atomic E-state index is 0.181. The Bertz CT molecular complexity index is 1140. The summed E-state index contributed by atoms with van der Waals surface area (Å²) in [6.07, 6.45) is 5.03. The lowest BCUT2D eigenvalue weighted by atomic mass is 10.0. The van der Waals surface area contributed by atoms with Gasteiger partial charge in [0.05, 0.1) is 22.6 Å². The van der Waals surface area contributed by atoms with Gasteiger partial charge in [-0.05, 0) is 54.3 Å². The van der Waals surface area contributed by atoms with E-state index in [-0.39, 0.29) is 5.91 Å². The summed E-state index contributed by atoms with van der Waals surface area (Å²) in [5.41, 5.74) is 4.99. The van der Waals surface area contributed by atoms with Crippen LogP contribution in [0.5, 0.6) is 0 Å². The van der Waals surface area contributed by atoms with E-state index in [0.29, 0.717) is 17.2 Å². The Morgan fingerprint density at radius 3 is 2.45 bits per heavy atom. The molecule has 1 aliphatic heterocycles. The minimum atomic E-state index is -0.181. The molecule has 3 aromatic rings. The van der Waals surface area contributed by atoms with E-state index >= 15 is 0 Å². The van der Waals surface area contributed by atoms with Crippen LogP contribution < -0.4 is 15.1 Å². The lowest BCUT2D eigenvalue weighted by molar-refractivity contribution is 0.102. The molecule has 7 heteroatoms. The summed E-state index contributed by atoms with van der Waals surface area (Å²) < 4.78 is 0. The second kappa shape index (κ2) is 9.81. The molecule has 2 aromatic heterocycles. The molecule has 1 saturated heterocycles. The van der Waals surface area contributed by atoms with E-state index in [9.17, 15) is 4.79 Å². The predicted octanol–water partition coefficient (Wildman–Crippen LogP) is 4.61. The monoisotopic (exact) mass is 442 g/mol. The zero-order valence-electron chi connectivity index (χ0n) is 19.5. The Hall–Kier alpha value is -3.74. The molecular formula is C26H30N6O. The average Bonchev–Trinajstić information content (AvgIpc) is 2.84. The molecular weight excluding hydrogens is 412 g/mol. The van der Waals surface area contributed by atoms with E-state index < -0.39 is 0 Å². The third kappa shape index (κ3) is 5.03. The molecule has 0 radical (unpaired) electrons. The number of carbonyl (C=O) groups is 1. The quantitative estimate of drug-likeness (QED) is 0.601. The van der Waals surface area contributed by atoms with E-state index in [1.807, 2.05) is 19.1 Å². The summed E-state index contributed by atoms with van der Waals surface area (Å²) in [6, 6.07) is 11.8. The van der Waals surface area contributed by atoms with Gasteiger partial charge < -0.3 is 15.1 Å². The number of anilines is 3. The van der Waals surface area contributed by atoms with Crippen LogP contribution in [0.1, 0.15) is 48.3 Å². The Morgan fingerprint density at radius 1 is 1.03 bits per heavy atom. The van der Waals surface area contributed by atoms with Gasteiger partial charge in [0.15, 0.2) is 0 Å². The normalized spacial score (nSPS) is 13.8. The van der Waals surface area contributed by atoms with Crippen LogP contribution in [0.15, 0.2) is 61.7 Å². The number of hydrogen-bond acceptors (Lipinski definition) is 6. The highest BCUT2D eigenvalue weighted by Gasteiger charge is 2.22. The van der Waals surface area contributed by atoms with Gasteiger partial charge in [-0.1, -0.05) is 26.5 Å². The van der Waals surface area contributed by atoms with Gasteiger partial charge in [0.25, 0.3) is 5.91 Å². The summed E-state index contributed by atoms with van der Waals surface area (Å²) in [5, 5.41) is 3.13. The Balaban J connectivity index is 1.59. The van der Waals surface area contributed by atoms with E-state index in [2.05, 4.69) is 62.6 Å². The van der Waals surface area contributed by atoms with E-state index in [1.165, 1.54) is 5.56 Å². The molecule has 1 amide bonds. The van der Waals surface area contributed by atoms with Gasteiger partial charge in [-0.25, -0.2) is 9.97 Å². The molecule has 1 aliphatic rings. The first kappa shape index (κ1) is 22.5. The zero-order valence-corrected chi connectivity index (χ0v) is 19.5. The molecule has 0 saturated carbocycles. The molecule has 1 fully saturated rings. The number of amides is 1. The van der Waals surface area contributed by atoms with Gasteiger partial charge in [-0.3, -0.25) is 9.78 Å². The molecule has 7 nitrogen and oxygen atoms in total. The number of carbonyl (C=O) groups excluding carboxylic acids is 1. The van der Waals surface area contributed by atoms with Gasteiger partial charge in [0, 0.05) is 38.6 Å². The molecule has 3 heterocycles. The van der Waals surface area contributed by atoms with Crippen molar-refractivity contribution < 1.29 is 4.79 Å². The molecule has 4 rings (SSSR count). The standard InChI is InChI=1S/C26H30N6O/c1-18(2)20-7-8-22(30-26(33)21-6-5-10-28-25(21)19(3)4)23(16-20)31-12-14-32(15-13-31)24-9-11-27-17-29-24/h5-11,16-18H,3,12-15H2,1-2,4H3,(H,30,33). The van der Waals surface area contributed by atoms with Crippen LogP contribution in [0.3, 0.4) is 0 Å². The Kier molecular flexibility index (Phi) is 6.68. The van der Waals surface area contributed by atoms with Crippen molar-refractivity contribution in [1.29, 1.82) is 0 Å². The highest BCUT2D eigenvalue weighted by Crippen LogP contribution is 2.32. The number of benzene rings is 1. The largest absolute Gasteiger partial charge is 0.366 e. The first-order valence-corrected chi connectivity index (χ1v) is 11.3. The van der Waals surface area contributed by atoms with Gasteiger partial charge >= 0.3 is 0 Å². The lowest BCUT2D eigenvalue weighted by Crippen LogP contribution is -2.47. The van der Waals surface area contributed by atoms with Crippen molar-refractivity contribution in [3.05, 3.63) is 78.5 Å². The maximum atomic E-state index is 13.2. The van der Waals surface area contributed by atoms with E-state index in [1.54, 1.807) is 30.9 Å². The third-order valence-corrected chi connectivity index (χ3v) is 5.90. The van der Waals surface area contributed by atoms with E-state index in [4.69, 9.17) is 0 Å². The average molecular weight is 443 g/mol. The van der Waals surface area contributed by atoms with Crippen LogP contribution in [0, 0.1) is 0 Å². The smallest absolute Gasteiger partial charge is 0.257 e. The third-order valence-electron chi connectivity index (χ3n) is 5.90. The fourth-order valence-corrected chi connectivity index (χ4v) is 4.04. The molecule has 1 N–H and O–H groups in total. The maximum Gasteiger partial charge on any atom is 0.257 e. The zero-order chi connectivity index (χ0) is 23.4. The van der Waals surface area contributed by atoms with E-state index in [0.717, 1.165) is 48.9 Å². The van der Waals surface area contributed by atoms with Crippen molar-refractivity contribution in [1.82, 2.24) is 15.0 Å². The molecule has 0 aliphatic carbocycles. The molecule has 33 heavy (non-hydrogen) atoms. The number of nitrogens with zero attached hydrogens (tertiary/aromatic N) is 5. The first-order chi connectivity index (χ1) is 15.9. The fraction of sp³-hybridized carbons (Fsp3) is 0.308. The van der Waals surface area contributed by atoms with Crippen LogP contribution in [-0.2, 0) is 0 Å². The number of pyridine rings is 1. The van der Waals surface area contributed by atoms with Crippen molar-refractivity contribution in [3.8, 4) is 0 Å².